The van der Waals surface area contributed by atoms with Crippen molar-refractivity contribution in [3.63, 3.8) is 0 Å². The van der Waals surface area contributed by atoms with Gasteiger partial charge in [0.05, 0.1) is 14.2 Å². The highest BCUT2D eigenvalue weighted by molar-refractivity contribution is 7.07. The second-order valence-electron chi connectivity index (χ2n) is 5.24. The normalized spacial score (nSPS) is 12.8. The largest absolute Gasteiger partial charge is 0.466 e. The second-order valence-corrected chi connectivity index (χ2v) is 6.29. The summed E-state index contributed by atoms with van der Waals surface area (Å²) in [4.78, 5) is 38.4. The van der Waals surface area contributed by atoms with Crippen LogP contribution in [0.15, 0.2) is 47.5 Å². The van der Waals surface area contributed by atoms with E-state index >= 15 is 0 Å². The predicted octanol–water partition coefficient (Wildman–Crippen LogP) is -0.340. The molecule has 0 spiro atoms. The van der Waals surface area contributed by atoms with E-state index in [2.05, 4.69) is 9.72 Å². The average Bonchev–Trinajstić information content (AvgIpc) is 3.01. The van der Waals surface area contributed by atoms with E-state index in [-0.39, 0.29) is 14.9 Å². The van der Waals surface area contributed by atoms with Gasteiger partial charge in [-0.15, -0.1) is 11.3 Å². The fraction of sp³-hybridized carbons (Fsp3) is 0.111. The summed E-state index contributed by atoms with van der Waals surface area (Å²) in [6.45, 7) is 0. The minimum atomic E-state index is -0.651. The molecule has 2 aromatic heterocycles. The lowest BCUT2D eigenvalue weighted by Gasteiger charge is -2.00. The molecule has 3 aromatic rings. The Morgan fingerprint density at radius 1 is 1.12 bits per heavy atom. The van der Waals surface area contributed by atoms with E-state index in [1.54, 1.807) is 17.0 Å². The van der Waals surface area contributed by atoms with Gasteiger partial charge >= 0.3 is 17.6 Å². The van der Waals surface area contributed by atoms with Crippen LogP contribution in [0.3, 0.4) is 0 Å². The third-order valence-electron chi connectivity index (χ3n) is 3.65. The molecule has 1 aromatic carbocycles. The van der Waals surface area contributed by atoms with Crippen LogP contribution >= 0.6 is 11.3 Å². The van der Waals surface area contributed by atoms with Crippen LogP contribution in [0, 0.1) is 0 Å². The number of aromatic amines is 1. The molecule has 132 valence electrons. The summed E-state index contributed by atoms with van der Waals surface area (Å²) < 4.78 is 11.4. The van der Waals surface area contributed by atoms with Crippen molar-refractivity contribution < 1.29 is 23.6 Å². The number of methoxy groups -OCH3 is 2. The highest BCUT2D eigenvalue weighted by atomic mass is 32.1. The Morgan fingerprint density at radius 2 is 1.85 bits per heavy atom. The number of hydrogen-bond acceptors (Lipinski definition) is 6. The lowest BCUT2D eigenvalue weighted by atomic mass is 10.2. The molecule has 3 rings (SSSR count). The number of thiazole rings is 1. The fourth-order valence-electron chi connectivity index (χ4n) is 2.40. The molecule has 0 fully saturated rings. The zero-order chi connectivity index (χ0) is 18.7. The van der Waals surface area contributed by atoms with Gasteiger partial charge in [-0.2, -0.15) is 4.57 Å². The number of pyridine rings is 1. The molecular formula is C18H15N2O5S+. The van der Waals surface area contributed by atoms with Crippen LogP contribution in [0.25, 0.3) is 22.5 Å². The van der Waals surface area contributed by atoms with Gasteiger partial charge in [0, 0.05) is 17.5 Å². The Kier molecular flexibility index (Phi) is 4.94. The standard InChI is InChI=1S/C18H14N2O5S/c1-24-14(21)9-13-16(22)19-17(26-13)15(18(23)25-2)20-8-7-11-5-3-4-6-12(11)10-20/h3-10H,1-2H3/p+1/b13-9+. The van der Waals surface area contributed by atoms with Crippen molar-refractivity contribution in [1.29, 1.82) is 0 Å². The van der Waals surface area contributed by atoms with Gasteiger partial charge in [0.2, 0.25) is 0 Å². The Bertz CT molecular complexity index is 1180. The number of rotatable bonds is 3. The van der Waals surface area contributed by atoms with Crippen molar-refractivity contribution in [3.05, 3.63) is 62.3 Å². The Morgan fingerprint density at radius 3 is 2.54 bits per heavy atom. The fourth-order valence-corrected chi connectivity index (χ4v) is 3.35. The summed E-state index contributed by atoms with van der Waals surface area (Å²) in [6.07, 6.45) is 4.55. The number of carbonyl (C=O) groups is 2. The van der Waals surface area contributed by atoms with E-state index in [4.69, 9.17) is 4.74 Å². The highest BCUT2D eigenvalue weighted by Gasteiger charge is 2.24. The monoisotopic (exact) mass is 371 g/mol. The maximum Gasteiger partial charge on any atom is 0.407 e. The lowest BCUT2D eigenvalue weighted by molar-refractivity contribution is -0.577. The van der Waals surface area contributed by atoms with Crippen molar-refractivity contribution in [2.75, 3.05) is 14.2 Å². The van der Waals surface area contributed by atoms with E-state index in [0.717, 1.165) is 28.2 Å². The molecule has 0 aliphatic heterocycles. The van der Waals surface area contributed by atoms with Gasteiger partial charge < -0.3 is 14.5 Å². The predicted molar refractivity (Wildman–Crippen MR) is 95.6 cm³/mol. The molecule has 0 saturated heterocycles. The van der Waals surface area contributed by atoms with Crippen molar-refractivity contribution in [2.24, 2.45) is 0 Å². The summed E-state index contributed by atoms with van der Waals surface area (Å²) in [5.74, 6) is -1.27. The van der Waals surface area contributed by atoms with Crippen molar-refractivity contribution in [3.8, 4) is 0 Å². The number of H-pyrrole nitrogens is 1. The van der Waals surface area contributed by atoms with E-state index in [1.807, 2.05) is 30.3 Å². The van der Waals surface area contributed by atoms with Crippen LogP contribution < -0.4 is 19.3 Å². The molecule has 1 N–H and O–H groups in total. The van der Waals surface area contributed by atoms with Gasteiger partial charge in [0.15, 0.2) is 17.1 Å². The van der Waals surface area contributed by atoms with Crippen LogP contribution in [-0.2, 0) is 19.1 Å². The van der Waals surface area contributed by atoms with Gasteiger partial charge in [-0.1, -0.05) is 18.2 Å². The number of carbonyl (C=O) groups excluding carboxylic acids is 2. The zero-order valence-corrected chi connectivity index (χ0v) is 14.8. The highest BCUT2D eigenvalue weighted by Crippen LogP contribution is 2.10. The van der Waals surface area contributed by atoms with Crippen LogP contribution in [0.2, 0.25) is 0 Å². The molecule has 0 aliphatic rings. The van der Waals surface area contributed by atoms with Crippen LogP contribution in [-0.4, -0.2) is 31.1 Å². The Labute approximate surface area is 151 Å². The molecule has 7 nitrogen and oxygen atoms in total. The number of hydrogen-bond donors (Lipinski definition) is 1. The van der Waals surface area contributed by atoms with Gasteiger partial charge in [-0.25, -0.2) is 9.59 Å². The summed E-state index contributed by atoms with van der Waals surface area (Å²) in [6, 6.07) is 9.53. The van der Waals surface area contributed by atoms with Gasteiger partial charge in [-0.05, 0) is 11.5 Å². The molecule has 26 heavy (non-hydrogen) atoms. The van der Waals surface area contributed by atoms with Crippen LogP contribution in [0.4, 0.5) is 0 Å². The maximum absolute atomic E-state index is 12.4. The van der Waals surface area contributed by atoms with E-state index in [0.29, 0.717) is 0 Å². The number of benzene rings is 1. The van der Waals surface area contributed by atoms with Crippen LogP contribution in [0.5, 0.6) is 0 Å². The first-order valence-corrected chi connectivity index (χ1v) is 8.37. The van der Waals surface area contributed by atoms with E-state index in [9.17, 15) is 14.4 Å². The maximum atomic E-state index is 12.4. The van der Waals surface area contributed by atoms with Gasteiger partial charge in [0.1, 0.15) is 4.53 Å². The molecule has 8 heteroatoms. The first-order valence-electron chi connectivity index (χ1n) is 7.55. The smallest absolute Gasteiger partial charge is 0.407 e. The van der Waals surface area contributed by atoms with Crippen molar-refractivity contribution in [1.82, 2.24) is 4.98 Å². The summed E-state index contributed by atoms with van der Waals surface area (Å²) in [5.41, 5.74) is -0.344. The van der Waals surface area contributed by atoms with E-state index in [1.165, 1.54) is 14.2 Å². The lowest BCUT2D eigenvalue weighted by Crippen LogP contribution is -2.41. The molecule has 0 aliphatic carbocycles. The molecule has 0 atom stereocenters. The molecule has 0 unspecified atom stereocenters. The number of nitrogens with one attached hydrogen (secondary N) is 1. The summed E-state index contributed by atoms with van der Waals surface area (Å²) in [7, 11) is 2.48. The molecular weight excluding hydrogens is 356 g/mol. The minimum Gasteiger partial charge on any atom is -0.466 e. The van der Waals surface area contributed by atoms with E-state index < -0.39 is 17.5 Å². The number of aromatic nitrogens is 2. The number of ether oxygens (including phenoxy) is 2. The number of fused-ring (bicyclic) bond motifs is 1. The number of nitrogens with zero attached hydrogens (tertiary/aromatic N) is 1. The van der Waals surface area contributed by atoms with Gasteiger partial charge in [-0.3, -0.25) is 4.79 Å². The molecule has 2 heterocycles. The quantitative estimate of drug-likeness (QED) is 0.503. The van der Waals surface area contributed by atoms with Crippen LogP contribution in [0.1, 0.15) is 0 Å². The third kappa shape index (κ3) is 3.40. The third-order valence-corrected chi connectivity index (χ3v) is 4.68. The average molecular weight is 371 g/mol. The molecule has 0 bridgehead atoms. The summed E-state index contributed by atoms with van der Waals surface area (Å²) in [5, 5.41) is 1.92. The topological polar surface area (TPSA) is 89.3 Å². The minimum absolute atomic E-state index is 0.134. The Hall–Kier alpha value is -3.26. The van der Waals surface area contributed by atoms with Crippen molar-refractivity contribution in [2.45, 2.75) is 0 Å². The van der Waals surface area contributed by atoms with Crippen molar-refractivity contribution >= 4 is 45.8 Å². The SMILES string of the molecule is COC(=O)/C=c1/s/c(=C(/C(=O)OC)[n+]2ccc3ccccc3c2)[nH]c1=O. The van der Waals surface area contributed by atoms with Gasteiger partial charge in [0.25, 0.3) is 5.56 Å². The molecule has 0 saturated carbocycles. The Balaban J connectivity index is 2.30. The number of esters is 2. The zero-order valence-electron chi connectivity index (χ0n) is 14.0. The first kappa shape index (κ1) is 17.6. The first-order chi connectivity index (χ1) is 12.5. The molecule has 0 amide bonds. The summed E-state index contributed by atoms with van der Waals surface area (Å²) >= 11 is 0.972. The second kappa shape index (κ2) is 7.32. The molecule has 0 radical (unpaired) electrons.